The molecule has 0 spiro atoms. The topological polar surface area (TPSA) is 97.0 Å². The molecular weight excluding hydrogens is 442 g/mol. The maximum Gasteiger partial charge on any atom is 0.241 e. The highest BCUT2D eigenvalue weighted by Crippen LogP contribution is 2.22. The lowest BCUT2D eigenvalue weighted by molar-refractivity contribution is -0.124. The molecule has 1 fully saturated rings. The van der Waals surface area contributed by atoms with Gasteiger partial charge in [-0.15, -0.1) is 0 Å². The Hall–Kier alpha value is -2.46. The van der Waals surface area contributed by atoms with Crippen molar-refractivity contribution in [2.24, 2.45) is 5.92 Å². The summed E-state index contributed by atoms with van der Waals surface area (Å²) in [6.07, 6.45) is 0. The number of nitrogens with zero attached hydrogens (tertiary/aromatic N) is 1. The van der Waals surface area contributed by atoms with Crippen molar-refractivity contribution >= 4 is 15.9 Å². The molecule has 1 aliphatic rings. The standard InChI is InChI=1S/C24H33N3O5S/c1-18(2)23(26-33(29,30)21-11-9-20(31-3)10-12-21)24(28)25-17-22(19-7-5-4-6-8-19)27-13-15-32-16-14-27/h4-12,18,22-23,26H,13-17H2,1-3H3,(H,25,28)/t22?,23-/m0/s1. The van der Waals surface area contributed by atoms with Crippen molar-refractivity contribution in [2.45, 2.75) is 30.8 Å². The molecule has 2 N–H and O–H groups in total. The van der Waals surface area contributed by atoms with Crippen LogP contribution in [-0.2, 0) is 19.6 Å². The van der Waals surface area contributed by atoms with Crippen LogP contribution in [0.15, 0.2) is 59.5 Å². The molecule has 1 amide bonds. The number of carbonyl (C=O) groups is 1. The van der Waals surface area contributed by atoms with Gasteiger partial charge in [-0.25, -0.2) is 8.42 Å². The number of rotatable bonds is 10. The van der Waals surface area contributed by atoms with Gasteiger partial charge in [0.1, 0.15) is 11.8 Å². The lowest BCUT2D eigenvalue weighted by Crippen LogP contribution is -2.51. The maximum atomic E-state index is 13.1. The molecule has 33 heavy (non-hydrogen) atoms. The van der Waals surface area contributed by atoms with Crippen LogP contribution in [0.3, 0.4) is 0 Å². The van der Waals surface area contributed by atoms with Crippen molar-refractivity contribution < 1.29 is 22.7 Å². The van der Waals surface area contributed by atoms with E-state index in [1.165, 1.54) is 19.2 Å². The molecule has 0 aliphatic carbocycles. The van der Waals surface area contributed by atoms with E-state index in [0.717, 1.165) is 18.7 Å². The number of benzene rings is 2. The smallest absolute Gasteiger partial charge is 0.241 e. The van der Waals surface area contributed by atoms with Gasteiger partial charge in [0.2, 0.25) is 15.9 Å². The molecule has 2 atom stereocenters. The molecule has 8 nitrogen and oxygen atoms in total. The normalized spacial score (nSPS) is 16.8. The van der Waals surface area contributed by atoms with Gasteiger partial charge in [0.15, 0.2) is 0 Å². The highest BCUT2D eigenvalue weighted by atomic mass is 32.2. The summed E-state index contributed by atoms with van der Waals surface area (Å²) in [4.78, 5) is 15.5. The Labute approximate surface area is 196 Å². The first kappa shape index (κ1) is 25.2. The van der Waals surface area contributed by atoms with Crippen molar-refractivity contribution in [3.05, 3.63) is 60.2 Å². The quantitative estimate of drug-likeness (QED) is 0.547. The Morgan fingerprint density at radius 1 is 1.06 bits per heavy atom. The van der Waals surface area contributed by atoms with E-state index in [1.807, 2.05) is 44.2 Å². The molecule has 2 aromatic carbocycles. The Morgan fingerprint density at radius 2 is 1.70 bits per heavy atom. The number of methoxy groups -OCH3 is 1. The van der Waals surface area contributed by atoms with Crippen LogP contribution in [0, 0.1) is 5.92 Å². The van der Waals surface area contributed by atoms with Gasteiger partial charge >= 0.3 is 0 Å². The third-order valence-corrected chi connectivity index (χ3v) is 7.20. The molecule has 180 valence electrons. The van der Waals surface area contributed by atoms with Gasteiger partial charge in [-0.3, -0.25) is 9.69 Å². The molecule has 0 radical (unpaired) electrons. The Bertz CT molecular complexity index is 991. The van der Waals surface area contributed by atoms with Crippen molar-refractivity contribution in [1.82, 2.24) is 14.9 Å². The fraction of sp³-hybridized carbons (Fsp3) is 0.458. The second kappa shape index (κ2) is 11.6. The minimum absolute atomic E-state index is 0.0231. The maximum absolute atomic E-state index is 13.1. The predicted molar refractivity (Wildman–Crippen MR) is 127 cm³/mol. The van der Waals surface area contributed by atoms with Crippen LogP contribution in [0.2, 0.25) is 0 Å². The number of nitrogens with one attached hydrogen (secondary N) is 2. The van der Waals surface area contributed by atoms with Gasteiger partial charge < -0.3 is 14.8 Å². The molecule has 1 heterocycles. The summed E-state index contributed by atoms with van der Waals surface area (Å²) in [5.41, 5.74) is 1.10. The zero-order chi connectivity index (χ0) is 23.8. The Balaban J connectivity index is 1.71. The van der Waals surface area contributed by atoms with Gasteiger partial charge in [0.05, 0.1) is 31.3 Å². The van der Waals surface area contributed by atoms with E-state index >= 15 is 0 Å². The van der Waals surface area contributed by atoms with Crippen molar-refractivity contribution in [1.29, 1.82) is 0 Å². The number of amides is 1. The Kier molecular flexibility index (Phi) is 8.85. The zero-order valence-corrected chi connectivity index (χ0v) is 20.2. The third kappa shape index (κ3) is 6.77. The summed E-state index contributed by atoms with van der Waals surface area (Å²) in [5.74, 6) is -0.0324. The minimum atomic E-state index is -3.88. The van der Waals surface area contributed by atoms with Crippen LogP contribution >= 0.6 is 0 Å². The largest absolute Gasteiger partial charge is 0.497 e. The van der Waals surface area contributed by atoms with Crippen LogP contribution in [0.1, 0.15) is 25.5 Å². The molecule has 9 heteroatoms. The van der Waals surface area contributed by atoms with E-state index in [-0.39, 0.29) is 22.8 Å². The van der Waals surface area contributed by atoms with Gasteiger partial charge in [-0.2, -0.15) is 4.72 Å². The van der Waals surface area contributed by atoms with Crippen molar-refractivity contribution in [3.8, 4) is 5.75 Å². The van der Waals surface area contributed by atoms with Crippen molar-refractivity contribution in [2.75, 3.05) is 40.0 Å². The fourth-order valence-corrected chi connectivity index (χ4v) is 5.16. The molecule has 2 aromatic rings. The number of carbonyl (C=O) groups excluding carboxylic acids is 1. The van der Waals surface area contributed by atoms with Crippen LogP contribution in [0.5, 0.6) is 5.75 Å². The lowest BCUT2D eigenvalue weighted by atomic mass is 10.0. The summed E-state index contributed by atoms with van der Waals surface area (Å²) in [6, 6.07) is 15.1. The second-order valence-electron chi connectivity index (χ2n) is 8.34. The van der Waals surface area contributed by atoms with Crippen LogP contribution in [0.25, 0.3) is 0 Å². The van der Waals surface area contributed by atoms with Crippen molar-refractivity contribution in [3.63, 3.8) is 0 Å². The Morgan fingerprint density at radius 3 is 2.27 bits per heavy atom. The average Bonchev–Trinajstić information content (AvgIpc) is 2.84. The zero-order valence-electron chi connectivity index (χ0n) is 19.4. The summed E-state index contributed by atoms with van der Waals surface area (Å²) in [5, 5.41) is 2.98. The first-order chi connectivity index (χ1) is 15.8. The van der Waals surface area contributed by atoms with E-state index in [1.54, 1.807) is 12.1 Å². The van der Waals surface area contributed by atoms with E-state index in [0.29, 0.717) is 25.5 Å². The van der Waals surface area contributed by atoms with E-state index < -0.39 is 16.1 Å². The number of sulfonamides is 1. The third-order valence-electron chi connectivity index (χ3n) is 5.74. The molecule has 0 saturated carbocycles. The molecule has 0 bridgehead atoms. The fourth-order valence-electron chi connectivity index (χ4n) is 3.81. The van der Waals surface area contributed by atoms with Gasteiger partial charge in [0, 0.05) is 19.6 Å². The summed E-state index contributed by atoms with van der Waals surface area (Å²) in [6.45, 7) is 6.84. The second-order valence-corrected chi connectivity index (χ2v) is 10.1. The van der Waals surface area contributed by atoms with E-state index in [9.17, 15) is 13.2 Å². The van der Waals surface area contributed by atoms with Crippen LogP contribution < -0.4 is 14.8 Å². The highest BCUT2D eigenvalue weighted by Gasteiger charge is 2.30. The minimum Gasteiger partial charge on any atom is -0.497 e. The van der Waals surface area contributed by atoms with Crippen LogP contribution in [-0.4, -0.2) is 65.2 Å². The molecule has 1 saturated heterocycles. The lowest BCUT2D eigenvalue weighted by Gasteiger charge is -2.35. The highest BCUT2D eigenvalue weighted by molar-refractivity contribution is 7.89. The first-order valence-electron chi connectivity index (χ1n) is 11.1. The first-order valence-corrected chi connectivity index (χ1v) is 12.6. The van der Waals surface area contributed by atoms with Gasteiger partial charge in [0.25, 0.3) is 0 Å². The number of hydrogen-bond acceptors (Lipinski definition) is 6. The van der Waals surface area contributed by atoms with Gasteiger partial charge in [-0.1, -0.05) is 44.2 Å². The summed E-state index contributed by atoms with van der Waals surface area (Å²) >= 11 is 0. The van der Waals surface area contributed by atoms with Gasteiger partial charge in [-0.05, 0) is 35.7 Å². The molecule has 3 rings (SSSR count). The monoisotopic (exact) mass is 475 g/mol. The number of ether oxygens (including phenoxy) is 2. The summed E-state index contributed by atoms with van der Waals surface area (Å²) in [7, 11) is -2.36. The number of morpholine rings is 1. The molecular formula is C24H33N3O5S. The van der Waals surface area contributed by atoms with E-state index in [2.05, 4.69) is 14.9 Å². The average molecular weight is 476 g/mol. The molecule has 1 unspecified atom stereocenters. The predicted octanol–water partition coefficient (Wildman–Crippen LogP) is 2.19. The molecule has 0 aromatic heterocycles. The summed E-state index contributed by atoms with van der Waals surface area (Å²) < 4.78 is 39.0. The van der Waals surface area contributed by atoms with Crippen LogP contribution in [0.4, 0.5) is 0 Å². The number of hydrogen-bond donors (Lipinski definition) is 2. The van der Waals surface area contributed by atoms with E-state index in [4.69, 9.17) is 9.47 Å². The SMILES string of the molecule is COc1ccc(S(=O)(=O)N[C@H](C(=O)NCC(c2ccccc2)N2CCOCC2)C(C)C)cc1. The molecule has 1 aliphatic heterocycles.